The molecule has 0 saturated heterocycles. The van der Waals surface area contributed by atoms with Crippen molar-refractivity contribution in [2.24, 2.45) is 0 Å². The van der Waals surface area contributed by atoms with E-state index in [1.807, 2.05) is 42.3 Å². The van der Waals surface area contributed by atoms with Gasteiger partial charge in [-0.05, 0) is 7.05 Å². The number of hydrogen-bond donors (Lipinski definition) is 1. The number of benzene rings is 1. The number of carbonyl (C=O) groups is 1. The van der Waals surface area contributed by atoms with Crippen LogP contribution in [-0.4, -0.2) is 42.5 Å². The quantitative estimate of drug-likeness (QED) is 0.712. The molecule has 3 nitrogen and oxygen atoms in total. The molecule has 15 heavy (non-hydrogen) atoms. The molecule has 1 aromatic carbocycles. The number of ketones is 1. The number of nitrogens with zero attached hydrogens (tertiary/aromatic N) is 1. The molecule has 1 N–H and O–H groups in total. The molecule has 0 aromatic heterocycles. The maximum absolute atomic E-state index is 11.7. The average Bonchev–Trinajstić information content (AvgIpc) is 2.27. The summed E-state index contributed by atoms with van der Waals surface area (Å²) in [6, 6.07) is 9.28. The molecule has 0 amide bonds. The van der Waals surface area contributed by atoms with Gasteiger partial charge >= 0.3 is 0 Å². The number of aliphatic hydroxyl groups excluding tert-OH is 1. The highest BCUT2D eigenvalue weighted by atomic mass is 16.3. The molecule has 0 heterocycles. The lowest BCUT2D eigenvalue weighted by Gasteiger charge is -2.13. The average molecular weight is 207 g/mol. The highest BCUT2D eigenvalue weighted by molar-refractivity contribution is 5.96. The minimum Gasteiger partial charge on any atom is -0.395 e. The maximum atomic E-state index is 11.7. The highest BCUT2D eigenvalue weighted by Crippen LogP contribution is 2.03. The maximum Gasteiger partial charge on any atom is 0.164 e. The fraction of sp³-hybridized carbons (Fsp3) is 0.417. The summed E-state index contributed by atoms with van der Waals surface area (Å²) in [6.07, 6.45) is 0.501. The summed E-state index contributed by atoms with van der Waals surface area (Å²) in [7, 11) is 1.90. The summed E-state index contributed by atoms with van der Waals surface area (Å²) in [5, 5.41) is 8.69. The molecule has 0 spiro atoms. The Kier molecular flexibility index (Phi) is 5.01. The molecule has 1 rings (SSSR count). The van der Waals surface area contributed by atoms with Gasteiger partial charge in [-0.3, -0.25) is 4.79 Å². The lowest BCUT2D eigenvalue weighted by Crippen LogP contribution is -2.24. The van der Waals surface area contributed by atoms with Crippen LogP contribution in [0, 0.1) is 0 Å². The smallest absolute Gasteiger partial charge is 0.164 e. The van der Waals surface area contributed by atoms with E-state index in [0.29, 0.717) is 19.5 Å². The van der Waals surface area contributed by atoms with Gasteiger partial charge < -0.3 is 10.0 Å². The number of rotatable bonds is 6. The SMILES string of the molecule is CN(CCO)CCC(=O)c1ccccc1. The third-order valence-electron chi connectivity index (χ3n) is 2.30. The van der Waals surface area contributed by atoms with E-state index in [4.69, 9.17) is 5.11 Å². The number of aliphatic hydroxyl groups is 1. The third kappa shape index (κ3) is 4.23. The molecule has 0 saturated carbocycles. The van der Waals surface area contributed by atoms with Gasteiger partial charge in [0.15, 0.2) is 5.78 Å². The zero-order chi connectivity index (χ0) is 11.1. The van der Waals surface area contributed by atoms with Crippen molar-refractivity contribution in [3.8, 4) is 0 Å². The molecule has 0 unspecified atom stereocenters. The van der Waals surface area contributed by atoms with Crippen LogP contribution in [0.15, 0.2) is 30.3 Å². The number of carbonyl (C=O) groups excluding carboxylic acids is 1. The van der Waals surface area contributed by atoms with E-state index < -0.39 is 0 Å². The van der Waals surface area contributed by atoms with Crippen LogP contribution in [0.25, 0.3) is 0 Å². The molecule has 0 aliphatic heterocycles. The first kappa shape index (κ1) is 11.9. The number of likely N-dealkylation sites (N-methyl/N-ethyl adjacent to an activating group) is 1. The van der Waals surface area contributed by atoms with Crippen LogP contribution in [0.3, 0.4) is 0 Å². The van der Waals surface area contributed by atoms with Gasteiger partial charge in [0.1, 0.15) is 0 Å². The fourth-order valence-electron chi connectivity index (χ4n) is 1.34. The topological polar surface area (TPSA) is 40.5 Å². The summed E-state index contributed by atoms with van der Waals surface area (Å²) in [6.45, 7) is 1.44. The van der Waals surface area contributed by atoms with E-state index in [1.54, 1.807) is 0 Å². The molecule has 82 valence electrons. The van der Waals surface area contributed by atoms with Crippen LogP contribution in [0.2, 0.25) is 0 Å². The third-order valence-corrected chi connectivity index (χ3v) is 2.30. The van der Waals surface area contributed by atoms with E-state index in [-0.39, 0.29) is 12.4 Å². The Morgan fingerprint density at radius 1 is 1.27 bits per heavy atom. The van der Waals surface area contributed by atoms with Crippen LogP contribution in [0.5, 0.6) is 0 Å². The van der Waals surface area contributed by atoms with Crippen molar-refractivity contribution in [1.29, 1.82) is 0 Å². The van der Waals surface area contributed by atoms with E-state index in [9.17, 15) is 4.79 Å². The molecule has 1 aromatic rings. The van der Waals surface area contributed by atoms with Gasteiger partial charge in [-0.15, -0.1) is 0 Å². The number of hydrogen-bond acceptors (Lipinski definition) is 3. The van der Waals surface area contributed by atoms with Gasteiger partial charge in [0.2, 0.25) is 0 Å². The second-order valence-electron chi connectivity index (χ2n) is 3.57. The Morgan fingerprint density at radius 3 is 2.53 bits per heavy atom. The normalized spacial score (nSPS) is 10.6. The Balaban J connectivity index is 2.37. The van der Waals surface area contributed by atoms with Crippen molar-refractivity contribution in [3.63, 3.8) is 0 Å². The van der Waals surface area contributed by atoms with Crippen molar-refractivity contribution in [1.82, 2.24) is 4.90 Å². The summed E-state index contributed by atoms with van der Waals surface area (Å²) in [5.74, 6) is 0.153. The van der Waals surface area contributed by atoms with Crippen LogP contribution in [0.4, 0.5) is 0 Å². The molecule has 0 bridgehead atoms. The summed E-state index contributed by atoms with van der Waals surface area (Å²) >= 11 is 0. The van der Waals surface area contributed by atoms with Crippen LogP contribution in [-0.2, 0) is 0 Å². The molecular formula is C12H17NO2. The van der Waals surface area contributed by atoms with E-state index in [1.165, 1.54) is 0 Å². The van der Waals surface area contributed by atoms with Gasteiger partial charge in [0.25, 0.3) is 0 Å². The van der Waals surface area contributed by atoms with Crippen molar-refractivity contribution in [2.45, 2.75) is 6.42 Å². The Labute approximate surface area is 90.3 Å². The number of Topliss-reactive ketones (excluding diaryl/α,β-unsaturated/α-hetero) is 1. The van der Waals surface area contributed by atoms with Gasteiger partial charge in [0.05, 0.1) is 6.61 Å². The van der Waals surface area contributed by atoms with Gasteiger partial charge in [-0.2, -0.15) is 0 Å². The monoisotopic (exact) mass is 207 g/mol. The highest BCUT2D eigenvalue weighted by Gasteiger charge is 2.06. The minimum atomic E-state index is 0.135. The van der Waals surface area contributed by atoms with Crippen molar-refractivity contribution in [3.05, 3.63) is 35.9 Å². The van der Waals surface area contributed by atoms with Crippen LogP contribution in [0.1, 0.15) is 16.8 Å². The van der Waals surface area contributed by atoms with Crippen molar-refractivity contribution < 1.29 is 9.90 Å². The molecule has 0 radical (unpaired) electrons. The Morgan fingerprint density at radius 2 is 1.93 bits per heavy atom. The zero-order valence-corrected chi connectivity index (χ0v) is 9.02. The van der Waals surface area contributed by atoms with Gasteiger partial charge in [0, 0.05) is 25.1 Å². The predicted octanol–water partition coefficient (Wildman–Crippen LogP) is 1.18. The lowest BCUT2D eigenvalue weighted by molar-refractivity contribution is 0.0964. The molecule has 0 aliphatic rings. The van der Waals surface area contributed by atoms with Gasteiger partial charge in [-0.1, -0.05) is 30.3 Å². The molecule has 0 atom stereocenters. The Bertz CT molecular complexity index is 298. The molecule has 0 aliphatic carbocycles. The standard InChI is InChI=1S/C12H17NO2/c1-13(9-10-14)8-7-12(15)11-5-3-2-4-6-11/h2-6,14H,7-10H2,1H3. The lowest BCUT2D eigenvalue weighted by atomic mass is 10.1. The second-order valence-corrected chi connectivity index (χ2v) is 3.57. The first-order valence-corrected chi connectivity index (χ1v) is 5.11. The first-order valence-electron chi connectivity index (χ1n) is 5.11. The molecular weight excluding hydrogens is 190 g/mol. The van der Waals surface area contributed by atoms with E-state index >= 15 is 0 Å². The second kappa shape index (κ2) is 6.32. The first-order chi connectivity index (χ1) is 7.24. The van der Waals surface area contributed by atoms with Crippen LogP contribution >= 0.6 is 0 Å². The fourth-order valence-corrected chi connectivity index (χ4v) is 1.34. The van der Waals surface area contributed by atoms with E-state index in [0.717, 1.165) is 5.56 Å². The minimum absolute atomic E-state index is 0.135. The van der Waals surface area contributed by atoms with Crippen molar-refractivity contribution >= 4 is 5.78 Å². The molecule has 3 heteroatoms. The van der Waals surface area contributed by atoms with Gasteiger partial charge in [-0.25, -0.2) is 0 Å². The van der Waals surface area contributed by atoms with E-state index in [2.05, 4.69) is 0 Å². The summed E-state index contributed by atoms with van der Waals surface area (Å²) < 4.78 is 0. The Hall–Kier alpha value is -1.19. The largest absolute Gasteiger partial charge is 0.395 e. The summed E-state index contributed by atoms with van der Waals surface area (Å²) in [5.41, 5.74) is 0.759. The zero-order valence-electron chi connectivity index (χ0n) is 9.02. The van der Waals surface area contributed by atoms with Crippen molar-refractivity contribution in [2.75, 3.05) is 26.7 Å². The predicted molar refractivity (Wildman–Crippen MR) is 60.0 cm³/mol. The molecule has 0 fully saturated rings. The van der Waals surface area contributed by atoms with Crippen LogP contribution < -0.4 is 0 Å². The summed E-state index contributed by atoms with van der Waals surface area (Å²) in [4.78, 5) is 13.6.